The second kappa shape index (κ2) is 11.6. The number of thiazole rings is 1. The van der Waals surface area contributed by atoms with Crippen LogP contribution >= 0.6 is 11.3 Å². The highest BCUT2D eigenvalue weighted by atomic mass is 32.1. The van der Waals surface area contributed by atoms with Gasteiger partial charge in [-0.05, 0) is 48.2 Å². The van der Waals surface area contributed by atoms with Gasteiger partial charge in [-0.3, -0.25) is 4.99 Å². The van der Waals surface area contributed by atoms with Gasteiger partial charge in [0.25, 0.3) is 0 Å². The van der Waals surface area contributed by atoms with E-state index in [-0.39, 0.29) is 0 Å². The molecule has 0 radical (unpaired) electrons. The summed E-state index contributed by atoms with van der Waals surface area (Å²) in [4.78, 5) is 5.14. The summed E-state index contributed by atoms with van der Waals surface area (Å²) in [5.74, 6) is 3.41. The number of nitrogens with zero attached hydrogens (tertiary/aromatic N) is 3. The molecule has 0 aliphatic carbocycles. The summed E-state index contributed by atoms with van der Waals surface area (Å²) in [5.41, 5.74) is 2.65. The monoisotopic (exact) mass is 469 g/mol. The normalized spacial score (nSPS) is 11.9. The lowest BCUT2D eigenvalue weighted by Crippen LogP contribution is -2.11. The molecule has 0 fully saturated rings. The van der Waals surface area contributed by atoms with E-state index in [0.717, 1.165) is 39.5 Å². The minimum atomic E-state index is 0.585. The summed E-state index contributed by atoms with van der Waals surface area (Å²) in [6.45, 7) is 5.00. The van der Waals surface area contributed by atoms with Crippen molar-refractivity contribution in [1.29, 1.82) is 0 Å². The number of hydrogen-bond donors (Lipinski definition) is 0. The van der Waals surface area contributed by atoms with Crippen molar-refractivity contribution >= 4 is 17.6 Å². The highest BCUT2D eigenvalue weighted by Crippen LogP contribution is 2.33. The number of aromatic nitrogens is 1. The largest absolute Gasteiger partial charge is 0.497 e. The third-order valence-electron chi connectivity index (χ3n) is 5.02. The molecule has 8 heteroatoms. The summed E-state index contributed by atoms with van der Waals surface area (Å²) in [7, 11) is 6.66. The van der Waals surface area contributed by atoms with Gasteiger partial charge in [0.05, 0.1) is 39.8 Å². The molecule has 0 bridgehead atoms. The fourth-order valence-corrected chi connectivity index (χ4v) is 3.97. The van der Waals surface area contributed by atoms with E-state index >= 15 is 0 Å². The SMILES string of the molecule is CN=c1scc(-c2ccc(OC)cc2OC)n1N=Cc1ccc(OCCC(C)C)c(OC)c1. The van der Waals surface area contributed by atoms with Crippen LogP contribution in [0.2, 0.25) is 0 Å². The van der Waals surface area contributed by atoms with Crippen molar-refractivity contribution in [2.45, 2.75) is 20.3 Å². The molecule has 3 rings (SSSR count). The Morgan fingerprint density at radius 1 is 0.970 bits per heavy atom. The van der Waals surface area contributed by atoms with Crippen LogP contribution in [0.1, 0.15) is 25.8 Å². The average molecular weight is 470 g/mol. The maximum absolute atomic E-state index is 5.89. The molecule has 2 aromatic carbocycles. The third-order valence-corrected chi connectivity index (χ3v) is 5.93. The standard InChI is InChI=1S/C25H31N3O4S/c1-17(2)11-12-32-22-10-7-18(13-24(22)31-6)15-27-28-21(16-33-25(28)26-3)20-9-8-19(29-4)14-23(20)30-5/h7-10,13-17H,11-12H2,1-6H3. The van der Waals surface area contributed by atoms with Crippen LogP contribution in [0.3, 0.4) is 0 Å². The van der Waals surface area contributed by atoms with Gasteiger partial charge in [-0.15, -0.1) is 11.3 Å². The van der Waals surface area contributed by atoms with Gasteiger partial charge in [0.15, 0.2) is 11.5 Å². The van der Waals surface area contributed by atoms with Gasteiger partial charge in [0, 0.05) is 24.1 Å². The summed E-state index contributed by atoms with van der Waals surface area (Å²) in [6, 6.07) is 11.5. The van der Waals surface area contributed by atoms with E-state index in [9.17, 15) is 0 Å². The maximum Gasteiger partial charge on any atom is 0.205 e. The minimum Gasteiger partial charge on any atom is -0.497 e. The second-order valence-electron chi connectivity index (χ2n) is 7.69. The molecule has 0 spiro atoms. The van der Waals surface area contributed by atoms with Crippen molar-refractivity contribution in [2.24, 2.45) is 16.0 Å². The van der Waals surface area contributed by atoms with Crippen molar-refractivity contribution in [3.8, 4) is 34.3 Å². The Balaban J connectivity index is 1.93. The number of rotatable bonds is 10. The van der Waals surface area contributed by atoms with Crippen LogP contribution in [0, 0.1) is 5.92 Å². The molecule has 0 aliphatic rings. The molecular formula is C25H31N3O4S. The van der Waals surface area contributed by atoms with Crippen LogP contribution in [0.5, 0.6) is 23.0 Å². The van der Waals surface area contributed by atoms with Gasteiger partial charge in [0.2, 0.25) is 4.80 Å². The Morgan fingerprint density at radius 3 is 2.42 bits per heavy atom. The molecule has 0 aliphatic heterocycles. The van der Waals surface area contributed by atoms with Crippen molar-refractivity contribution in [2.75, 3.05) is 35.0 Å². The van der Waals surface area contributed by atoms with E-state index in [2.05, 4.69) is 18.8 Å². The van der Waals surface area contributed by atoms with E-state index in [4.69, 9.17) is 24.0 Å². The predicted molar refractivity (Wildman–Crippen MR) is 133 cm³/mol. The molecular weight excluding hydrogens is 438 g/mol. The Kier molecular flexibility index (Phi) is 8.54. The van der Waals surface area contributed by atoms with Gasteiger partial charge in [0.1, 0.15) is 11.5 Å². The van der Waals surface area contributed by atoms with Crippen LogP contribution in [0.4, 0.5) is 0 Å². The molecule has 0 N–H and O–H groups in total. The molecule has 1 aromatic heterocycles. The van der Waals surface area contributed by atoms with Gasteiger partial charge in [-0.1, -0.05) is 13.8 Å². The van der Waals surface area contributed by atoms with E-state index < -0.39 is 0 Å². The van der Waals surface area contributed by atoms with Crippen molar-refractivity contribution in [1.82, 2.24) is 4.68 Å². The fourth-order valence-electron chi connectivity index (χ4n) is 3.17. The first-order chi connectivity index (χ1) is 16.0. The van der Waals surface area contributed by atoms with Crippen molar-refractivity contribution < 1.29 is 18.9 Å². The van der Waals surface area contributed by atoms with E-state index in [0.29, 0.717) is 24.0 Å². The molecule has 0 atom stereocenters. The Labute approximate surface area is 198 Å². The lowest BCUT2D eigenvalue weighted by atomic mass is 10.1. The van der Waals surface area contributed by atoms with Crippen LogP contribution < -0.4 is 23.7 Å². The van der Waals surface area contributed by atoms with Crippen LogP contribution in [0.25, 0.3) is 11.3 Å². The highest BCUT2D eigenvalue weighted by Gasteiger charge is 2.14. The Bertz CT molecular complexity index is 1160. The molecule has 0 amide bonds. The van der Waals surface area contributed by atoms with E-state index in [1.807, 2.05) is 41.8 Å². The van der Waals surface area contributed by atoms with Crippen LogP contribution in [-0.4, -0.2) is 45.9 Å². The number of ether oxygens (including phenoxy) is 4. The summed E-state index contributed by atoms with van der Waals surface area (Å²) >= 11 is 1.51. The lowest BCUT2D eigenvalue weighted by Gasteiger charge is -2.12. The second-order valence-corrected chi connectivity index (χ2v) is 8.53. The highest BCUT2D eigenvalue weighted by molar-refractivity contribution is 7.07. The minimum absolute atomic E-state index is 0.585. The maximum atomic E-state index is 5.89. The zero-order valence-corrected chi connectivity index (χ0v) is 20.8. The molecule has 0 unspecified atom stereocenters. The van der Waals surface area contributed by atoms with Crippen molar-refractivity contribution in [3.05, 3.63) is 52.1 Å². The zero-order chi connectivity index (χ0) is 23.8. The molecule has 3 aromatic rings. The van der Waals surface area contributed by atoms with E-state index in [1.165, 1.54) is 11.3 Å². The number of hydrogen-bond acceptors (Lipinski definition) is 7. The molecule has 33 heavy (non-hydrogen) atoms. The van der Waals surface area contributed by atoms with Crippen molar-refractivity contribution in [3.63, 3.8) is 0 Å². The average Bonchev–Trinajstić information content (AvgIpc) is 3.25. The molecule has 0 saturated carbocycles. The smallest absolute Gasteiger partial charge is 0.205 e. The fraction of sp³-hybridized carbons (Fsp3) is 0.360. The van der Waals surface area contributed by atoms with E-state index in [1.54, 1.807) is 39.3 Å². The lowest BCUT2D eigenvalue weighted by molar-refractivity contribution is 0.273. The zero-order valence-electron chi connectivity index (χ0n) is 20.0. The van der Waals surface area contributed by atoms with Gasteiger partial charge in [-0.2, -0.15) is 5.10 Å². The first-order valence-electron chi connectivity index (χ1n) is 10.7. The first kappa shape index (κ1) is 24.4. The Hall–Kier alpha value is -3.26. The topological polar surface area (TPSA) is 66.6 Å². The molecule has 176 valence electrons. The van der Waals surface area contributed by atoms with Crippen LogP contribution in [-0.2, 0) is 0 Å². The quantitative estimate of drug-likeness (QED) is 0.389. The summed E-state index contributed by atoms with van der Waals surface area (Å²) in [6.07, 6.45) is 2.77. The van der Waals surface area contributed by atoms with Crippen LogP contribution in [0.15, 0.2) is 51.9 Å². The summed E-state index contributed by atoms with van der Waals surface area (Å²) in [5, 5.41) is 6.73. The predicted octanol–water partition coefficient (Wildman–Crippen LogP) is 5.08. The third kappa shape index (κ3) is 5.96. The van der Waals surface area contributed by atoms with Gasteiger partial charge >= 0.3 is 0 Å². The van der Waals surface area contributed by atoms with Gasteiger partial charge in [-0.25, -0.2) is 4.68 Å². The number of methoxy groups -OCH3 is 3. The molecule has 1 heterocycles. The first-order valence-corrected chi connectivity index (χ1v) is 11.6. The van der Waals surface area contributed by atoms with Gasteiger partial charge < -0.3 is 18.9 Å². The molecule has 0 saturated heterocycles. The Morgan fingerprint density at radius 2 is 1.76 bits per heavy atom. The number of benzene rings is 2. The molecule has 7 nitrogen and oxygen atoms in total. The summed E-state index contributed by atoms with van der Waals surface area (Å²) < 4.78 is 24.1.